The topological polar surface area (TPSA) is 47.0 Å². The van der Waals surface area contributed by atoms with E-state index in [1.54, 1.807) is 0 Å². The van der Waals surface area contributed by atoms with Crippen molar-refractivity contribution in [3.63, 3.8) is 0 Å². The van der Waals surface area contributed by atoms with Gasteiger partial charge in [0, 0.05) is 11.3 Å². The van der Waals surface area contributed by atoms with Crippen LogP contribution in [0.25, 0.3) is 0 Å². The van der Waals surface area contributed by atoms with Crippen molar-refractivity contribution in [2.45, 2.75) is 12.3 Å². The second kappa shape index (κ2) is 3.33. The number of nitrogens with zero attached hydrogens (tertiary/aromatic N) is 1. The summed E-state index contributed by atoms with van der Waals surface area (Å²) in [4.78, 5) is 4.23. The summed E-state index contributed by atoms with van der Waals surface area (Å²) in [5, 5.41) is 1.93. The number of aromatic nitrogens is 1. The van der Waals surface area contributed by atoms with Crippen molar-refractivity contribution in [2.24, 2.45) is 0 Å². The van der Waals surface area contributed by atoms with Crippen LogP contribution in [0.4, 0.5) is 0 Å². The van der Waals surface area contributed by atoms with Gasteiger partial charge in [-0.2, -0.15) is 0 Å². The SMILES string of the molecule is O=S1(=O)CCC(c2csc(Br)n2)C1. The van der Waals surface area contributed by atoms with Crippen molar-refractivity contribution >= 4 is 37.1 Å². The molecule has 1 aromatic heterocycles. The van der Waals surface area contributed by atoms with Gasteiger partial charge in [-0.25, -0.2) is 13.4 Å². The predicted octanol–water partition coefficient (Wildman–Crippen LogP) is 1.81. The third-order valence-electron chi connectivity index (χ3n) is 2.14. The first-order valence-corrected chi connectivity index (χ1v) is 7.37. The number of thiazole rings is 1. The van der Waals surface area contributed by atoms with Crippen LogP contribution >= 0.6 is 27.3 Å². The number of sulfone groups is 1. The van der Waals surface area contributed by atoms with E-state index in [9.17, 15) is 8.42 Å². The van der Waals surface area contributed by atoms with Gasteiger partial charge in [0.2, 0.25) is 0 Å². The van der Waals surface area contributed by atoms with E-state index in [2.05, 4.69) is 20.9 Å². The minimum Gasteiger partial charge on any atom is -0.234 e. The van der Waals surface area contributed by atoms with Crippen LogP contribution < -0.4 is 0 Å². The Morgan fingerprint density at radius 1 is 1.62 bits per heavy atom. The second-order valence-corrected chi connectivity index (χ2v) is 7.49. The monoisotopic (exact) mass is 281 g/mol. The molecule has 3 nitrogen and oxygen atoms in total. The largest absolute Gasteiger partial charge is 0.234 e. The molecule has 0 aromatic carbocycles. The van der Waals surface area contributed by atoms with E-state index in [1.165, 1.54) is 11.3 Å². The van der Waals surface area contributed by atoms with Gasteiger partial charge >= 0.3 is 0 Å². The first-order valence-electron chi connectivity index (χ1n) is 3.88. The molecule has 13 heavy (non-hydrogen) atoms. The molecule has 0 radical (unpaired) electrons. The van der Waals surface area contributed by atoms with Crippen LogP contribution in [0.2, 0.25) is 0 Å². The molecular formula is C7H8BrNO2S2. The van der Waals surface area contributed by atoms with Gasteiger partial charge in [0.25, 0.3) is 0 Å². The molecule has 72 valence electrons. The number of hydrogen-bond donors (Lipinski definition) is 0. The lowest BCUT2D eigenvalue weighted by atomic mass is 10.1. The van der Waals surface area contributed by atoms with E-state index in [0.717, 1.165) is 16.0 Å². The Labute approximate surface area is 89.2 Å². The van der Waals surface area contributed by atoms with Crippen molar-refractivity contribution in [3.05, 3.63) is 15.0 Å². The summed E-state index contributed by atoms with van der Waals surface area (Å²) < 4.78 is 23.2. The average molecular weight is 282 g/mol. The van der Waals surface area contributed by atoms with Crippen molar-refractivity contribution in [2.75, 3.05) is 11.5 Å². The smallest absolute Gasteiger partial charge is 0.159 e. The minimum atomic E-state index is -2.79. The Bertz CT molecular complexity index is 412. The van der Waals surface area contributed by atoms with E-state index in [0.29, 0.717) is 5.75 Å². The quantitative estimate of drug-likeness (QED) is 0.789. The van der Waals surface area contributed by atoms with Crippen molar-refractivity contribution in [1.29, 1.82) is 0 Å². The Kier molecular flexibility index (Phi) is 2.46. The molecule has 2 heterocycles. The number of hydrogen-bond acceptors (Lipinski definition) is 4. The molecule has 0 aliphatic carbocycles. The van der Waals surface area contributed by atoms with Crippen molar-refractivity contribution in [1.82, 2.24) is 4.98 Å². The molecule has 1 aliphatic rings. The molecule has 0 N–H and O–H groups in total. The summed E-state index contributed by atoms with van der Waals surface area (Å²) >= 11 is 4.77. The highest BCUT2D eigenvalue weighted by Crippen LogP contribution is 2.30. The Morgan fingerprint density at radius 2 is 2.38 bits per heavy atom. The predicted molar refractivity (Wildman–Crippen MR) is 55.8 cm³/mol. The van der Waals surface area contributed by atoms with E-state index >= 15 is 0 Å². The summed E-state index contributed by atoms with van der Waals surface area (Å²) in [6.45, 7) is 0. The molecule has 1 atom stereocenters. The van der Waals surface area contributed by atoms with Gasteiger partial charge in [0.1, 0.15) is 0 Å². The van der Waals surface area contributed by atoms with Gasteiger partial charge in [0.05, 0.1) is 17.2 Å². The summed E-state index contributed by atoms with van der Waals surface area (Å²) in [5.74, 6) is 0.697. The molecule has 1 aliphatic heterocycles. The first kappa shape index (κ1) is 9.61. The van der Waals surface area contributed by atoms with E-state index in [1.807, 2.05) is 5.38 Å². The first-order chi connectivity index (χ1) is 6.07. The van der Waals surface area contributed by atoms with Crippen LogP contribution in [0.5, 0.6) is 0 Å². The van der Waals surface area contributed by atoms with Crippen LogP contribution in [0, 0.1) is 0 Å². The summed E-state index contributed by atoms with van der Waals surface area (Å²) in [6.07, 6.45) is 0.721. The maximum atomic E-state index is 11.2. The molecule has 0 saturated carbocycles. The fraction of sp³-hybridized carbons (Fsp3) is 0.571. The fourth-order valence-corrected chi connectivity index (χ4v) is 4.35. The van der Waals surface area contributed by atoms with Crippen LogP contribution in [-0.4, -0.2) is 24.9 Å². The molecule has 1 fully saturated rings. The molecule has 1 unspecified atom stereocenters. The third kappa shape index (κ3) is 2.11. The van der Waals surface area contributed by atoms with E-state index < -0.39 is 9.84 Å². The minimum absolute atomic E-state index is 0.118. The zero-order valence-corrected chi connectivity index (χ0v) is 9.95. The standard InChI is InChI=1S/C7H8BrNO2S2/c8-7-9-6(3-12-7)5-1-2-13(10,11)4-5/h3,5H,1-2,4H2. The van der Waals surface area contributed by atoms with Gasteiger partial charge in [-0.15, -0.1) is 11.3 Å². The van der Waals surface area contributed by atoms with Crippen molar-refractivity contribution in [3.8, 4) is 0 Å². The molecule has 0 bridgehead atoms. The van der Waals surface area contributed by atoms with Gasteiger partial charge in [-0.05, 0) is 22.4 Å². The average Bonchev–Trinajstić information content (AvgIpc) is 2.56. The Hall–Kier alpha value is 0.0600. The van der Waals surface area contributed by atoms with Crippen LogP contribution in [0.3, 0.4) is 0 Å². The van der Waals surface area contributed by atoms with Gasteiger partial charge in [-0.1, -0.05) is 0 Å². The normalized spacial score (nSPS) is 26.4. The summed E-state index contributed by atoms with van der Waals surface area (Å²) in [5.41, 5.74) is 0.915. The van der Waals surface area contributed by atoms with Gasteiger partial charge in [-0.3, -0.25) is 0 Å². The molecule has 0 spiro atoms. The van der Waals surface area contributed by atoms with Crippen molar-refractivity contribution < 1.29 is 8.42 Å². The van der Waals surface area contributed by atoms with Crippen LogP contribution in [0.15, 0.2) is 9.30 Å². The Morgan fingerprint density at radius 3 is 2.85 bits per heavy atom. The number of rotatable bonds is 1. The van der Waals surface area contributed by atoms with Crippen LogP contribution in [0.1, 0.15) is 18.0 Å². The van der Waals surface area contributed by atoms with Gasteiger partial charge < -0.3 is 0 Å². The lowest BCUT2D eigenvalue weighted by Gasteiger charge is -2.00. The lowest BCUT2D eigenvalue weighted by Crippen LogP contribution is -2.03. The Balaban J connectivity index is 2.21. The molecular weight excluding hydrogens is 274 g/mol. The zero-order valence-electron chi connectivity index (χ0n) is 6.73. The maximum Gasteiger partial charge on any atom is 0.159 e. The second-order valence-electron chi connectivity index (χ2n) is 3.13. The van der Waals surface area contributed by atoms with Crippen LogP contribution in [-0.2, 0) is 9.84 Å². The summed E-state index contributed by atoms with van der Waals surface area (Å²) in [7, 11) is -2.79. The molecule has 6 heteroatoms. The molecule has 2 rings (SSSR count). The van der Waals surface area contributed by atoms with E-state index in [-0.39, 0.29) is 11.7 Å². The third-order valence-corrected chi connectivity index (χ3v) is 5.30. The lowest BCUT2D eigenvalue weighted by molar-refractivity contribution is 0.601. The highest BCUT2D eigenvalue weighted by Gasteiger charge is 2.30. The highest BCUT2D eigenvalue weighted by atomic mass is 79.9. The molecule has 0 amide bonds. The molecule has 1 aromatic rings. The highest BCUT2D eigenvalue weighted by molar-refractivity contribution is 9.11. The summed E-state index contributed by atoms with van der Waals surface area (Å²) in [6, 6.07) is 0. The zero-order chi connectivity index (χ0) is 9.47. The van der Waals surface area contributed by atoms with E-state index in [4.69, 9.17) is 0 Å². The number of halogens is 1. The maximum absolute atomic E-state index is 11.2. The van der Waals surface area contributed by atoms with Gasteiger partial charge in [0.15, 0.2) is 13.8 Å². The molecule has 1 saturated heterocycles. The fourth-order valence-electron chi connectivity index (χ4n) is 1.48.